The first-order valence-electron chi connectivity index (χ1n) is 6.07. The van der Waals surface area contributed by atoms with Crippen LogP contribution in [-0.4, -0.2) is 21.8 Å². The molecule has 114 valence electrons. The summed E-state index contributed by atoms with van der Waals surface area (Å²) in [6.45, 7) is 3.01. The van der Waals surface area contributed by atoms with Crippen LogP contribution in [0.3, 0.4) is 0 Å². The summed E-state index contributed by atoms with van der Waals surface area (Å²) in [4.78, 5) is 37.1. The van der Waals surface area contributed by atoms with Gasteiger partial charge in [0.2, 0.25) is 0 Å². The Hall–Kier alpha value is -2.81. The molecule has 8 nitrogen and oxygen atoms in total. The second kappa shape index (κ2) is 6.31. The maximum absolute atomic E-state index is 12.2. The normalized spacial score (nSPS) is 10.1. The predicted molar refractivity (Wildman–Crippen MR) is 79.2 cm³/mol. The zero-order valence-electron chi connectivity index (χ0n) is 11.7. The van der Waals surface area contributed by atoms with Crippen molar-refractivity contribution in [1.29, 1.82) is 0 Å². The number of rotatable bonds is 4. The van der Waals surface area contributed by atoms with E-state index in [1.54, 1.807) is 19.1 Å². The Morgan fingerprint density at radius 1 is 1.41 bits per heavy atom. The molecule has 0 radical (unpaired) electrons. The van der Waals surface area contributed by atoms with Gasteiger partial charge in [0.1, 0.15) is 11.9 Å². The lowest BCUT2D eigenvalue weighted by Crippen LogP contribution is -2.15. The number of nitrogens with one attached hydrogen (secondary N) is 1. The van der Waals surface area contributed by atoms with Gasteiger partial charge in [0, 0.05) is 6.92 Å². The summed E-state index contributed by atoms with van der Waals surface area (Å²) in [6, 6.07) is 4.76. The van der Waals surface area contributed by atoms with Gasteiger partial charge in [-0.15, -0.1) is 0 Å². The summed E-state index contributed by atoms with van der Waals surface area (Å²) >= 11 is 0.738. The van der Waals surface area contributed by atoms with Crippen molar-refractivity contribution in [2.24, 2.45) is 0 Å². The standard InChI is InChI=1S/C13H11N3O5S/c1-7-3-4-10(21-8(2)17)9(5-7)12(18)15-13-14-6-11(22-13)16(19)20/h3-6H,1-2H3,(H,14,15,18). The van der Waals surface area contributed by atoms with E-state index < -0.39 is 16.8 Å². The molecule has 0 aliphatic heterocycles. The lowest BCUT2D eigenvalue weighted by molar-refractivity contribution is -0.380. The Bertz CT molecular complexity index is 756. The van der Waals surface area contributed by atoms with Crippen LogP contribution in [0.15, 0.2) is 24.4 Å². The Labute approximate surface area is 128 Å². The van der Waals surface area contributed by atoms with Crippen molar-refractivity contribution >= 4 is 33.3 Å². The van der Waals surface area contributed by atoms with Gasteiger partial charge in [-0.3, -0.25) is 25.0 Å². The van der Waals surface area contributed by atoms with Gasteiger partial charge in [-0.2, -0.15) is 0 Å². The van der Waals surface area contributed by atoms with Crippen molar-refractivity contribution < 1.29 is 19.2 Å². The predicted octanol–water partition coefficient (Wildman–Crippen LogP) is 2.54. The number of hydrogen-bond acceptors (Lipinski definition) is 7. The largest absolute Gasteiger partial charge is 0.426 e. The van der Waals surface area contributed by atoms with Crippen molar-refractivity contribution in [2.45, 2.75) is 13.8 Å². The van der Waals surface area contributed by atoms with Crippen molar-refractivity contribution in [1.82, 2.24) is 4.98 Å². The quantitative estimate of drug-likeness (QED) is 0.401. The number of benzene rings is 1. The van der Waals surface area contributed by atoms with Crippen molar-refractivity contribution in [2.75, 3.05) is 5.32 Å². The molecule has 1 aromatic carbocycles. The fourth-order valence-corrected chi connectivity index (χ4v) is 2.26. The van der Waals surface area contributed by atoms with Crippen LogP contribution in [0.2, 0.25) is 0 Å². The third kappa shape index (κ3) is 3.64. The smallest absolute Gasteiger partial charge is 0.345 e. The number of esters is 1. The molecular weight excluding hydrogens is 310 g/mol. The topological polar surface area (TPSA) is 111 Å². The minimum atomic E-state index is -0.593. The number of ether oxygens (including phenoxy) is 1. The van der Waals surface area contributed by atoms with Crippen LogP contribution in [0.4, 0.5) is 10.1 Å². The first-order chi connectivity index (χ1) is 10.4. The second-order valence-corrected chi connectivity index (χ2v) is 5.32. The molecule has 1 N–H and O–H groups in total. The highest BCUT2D eigenvalue weighted by Gasteiger charge is 2.18. The van der Waals surface area contributed by atoms with Gasteiger partial charge in [0.25, 0.3) is 5.91 Å². The molecule has 0 atom stereocenters. The summed E-state index contributed by atoms with van der Waals surface area (Å²) in [5, 5.41) is 13.0. The number of carbonyl (C=O) groups excluding carboxylic acids is 2. The van der Waals surface area contributed by atoms with E-state index in [0.29, 0.717) is 0 Å². The molecule has 2 rings (SSSR count). The molecule has 1 aromatic heterocycles. The monoisotopic (exact) mass is 321 g/mol. The highest BCUT2D eigenvalue weighted by atomic mass is 32.1. The molecule has 1 heterocycles. The molecule has 0 bridgehead atoms. The van der Waals surface area contributed by atoms with Crippen LogP contribution in [0, 0.1) is 17.0 Å². The SMILES string of the molecule is CC(=O)Oc1ccc(C)cc1C(=O)Nc1ncc([N+](=O)[O-])s1. The fourth-order valence-electron chi connectivity index (χ4n) is 1.64. The van der Waals surface area contributed by atoms with E-state index in [-0.39, 0.29) is 21.4 Å². The summed E-state index contributed by atoms with van der Waals surface area (Å²) in [5.41, 5.74) is 0.944. The molecule has 0 aliphatic carbocycles. The molecule has 0 fully saturated rings. The van der Waals surface area contributed by atoms with E-state index in [2.05, 4.69) is 10.3 Å². The molecule has 0 saturated carbocycles. The molecule has 0 unspecified atom stereocenters. The summed E-state index contributed by atoms with van der Waals surface area (Å²) in [5.74, 6) is -1.01. The molecule has 0 saturated heterocycles. The van der Waals surface area contributed by atoms with E-state index in [0.717, 1.165) is 23.1 Å². The van der Waals surface area contributed by atoms with E-state index in [1.807, 2.05) is 0 Å². The maximum Gasteiger partial charge on any atom is 0.345 e. The number of carbonyl (C=O) groups is 2. The Morgan fingerprint density at radius 2 is 2.14 bits per heavy atom. The highest BCUT2D eigenvalue weighted by molar-refractivity contribution is 7.18. The van der Waals surface area contributed by atoms with Crippen LogP contribution in [0.25, 0.3) is 0 Å². The Kier molecular flexibility index (Phi) is 4.47. The molecule has 2 aromatic rings. The summed E-state index contributed by atoms with van der Waals surface area (Å²) in [6.07, 6.45) is 1.06. The number of thiazole rings is 1. The molecule has 0 spiro atoms. The molecule has 9 heteroatoms. The van der Waals surface area contributed by atoms with Gasteiger partial charge >= 0.3 is 11.0 Å². The first kappa shape index (κ1) is 15.6. The number of aryl methyl sites for hydroxylation is 1. The van der Waals surface area contributed by atoms with Crippen LogP contribution in [0.5, 0.6) is 5.75 Å². The minimum Gasteiger partial charge on any atom is -0.426 e. The van der Waals surface area contributed by atoms with E-state index in [4.69, 9.17) is 4.74 Å². The maximum atomic E-state index is 12.2. The summed E-state index contributed by atoms with van der Waals surface area (Å²) < 4.78 is 4.98. The van der Waals surface area contributed by atoms with Gasteiger partial charge in [0.15, 0.2) is 5.13 Å². The van der Waals surface area contributed by atoms with Crippen molar-refractivity contribution in [3.63, 3.8) is 0 Å². The van der Waals surface area contributed by atoms with Crippen LogP contribution < -0.4 is 10.1 Å². The van der Waals surface area contributed by atoms with E-state index in [1.165, 1.54) is 13.0 Å². The number of nitrogens with zero attached hydrogens (tertiary/aromatic N) is 2. The molecule has 22 heavy (non-hydrogen) atoms. The second-order valence-electron chi connectivity index (χ2n) is 4.31. The average molecular weight is 321 g/mol. The number of amides is 1. The van der Waals surface area contributed by atoms with Gasteiger partial charge in [-0.25, -0.2) is 4.98 Å². The summed E-state index contributed by atoms with van der Waals surface area (Å²) in [7, 11) is 0. The molecule has 0 aliphatic rings. The third-order valence-electron chi connectivity index (χ3n) is 2.53. The average Bonchev–Trinajstić information content (AvgIpc) is 2.89. The Morgan fingerprint density at radius 3 is 2.73 bits per heavy atom. The van der Waals surface area contributed by atoms with Crippen LogP contribution in [0.1, 0.15) is 22.8 Å². The fraction of sp³-hybridized carbons (Fsp3) is 0.154. The lowest BCUT2D eigenvalue weighted by Gasteiger charge is -2.09. The number of anilines is 1. The molecule has 1 amide bonds. The van der Waals surface area contributed by atoms with Gasteiger partial charge in [0.05, 0.1) is 10.5 Å². The first-order valence-corrected chi connectivity index (χ1v) is 6.89. The lowest BCUT2D eigenvalue weighted by atomic mass is 10.1. The van der Waals surface area contributed by atoms with Gasteiger partial charge < -0.3 is 4.74 Å². The zero-order chi connectivity index (χ0) is 16.3. The van der Waals surface area contributed by atoms with Gasteiger partial charge in [-0.05, 0) is 30.4 Å². The van der Waals surface area contributed by atoms with Crippen LogP contribution in [-0.2, 0) is 4.79 Å². The number of nitro groups is 1. The third-order valence-corrected chi connectivity index (χ3v) is 3.39. The Balaban J connectivity index is 2.26. The van der Waals surface area contributed by atoms with Crippen molar-refractivity contribution in [3.05, 3.63) is 45.6 Å². The highest BCUT2D eigenvalue weighted by Crippen LogP contribution is 2.27. The van der Waals surface area contributed by atoms with E-state index in [9.17, 15) is 19.7 Å². The van der Waals surface area contributed by atoms with Crippen molar-refractivity contribution in [3.8, 4) is 5.75 Å². The number of hydrogen-bond donors (Lipinski definition) is 1. The zero-order valence-corrected chi connectivity index (χ0v) is 12.5. The van der Waals surface area contributed by atoms with Gasteiger partial charge in [-0.1, -0.05) is 11.6 Å². The van der Waals surface area contributed by atoms with Crippen LogP contribution >= 0.6 is 11.3 Å². The molecular formula is C13H11N3O5S. The van der Waals surface area contributed by atoms with E-state index >= 15 is 0 Å². The minimum absolute atomic E-state index is 0.0898. The number of aromatic nitrogens is 1.